The van der Waals surface area contributed by atoms with Gasteiger partial charge in [0.25, 0.3) is 0 Å². The number of aromatic amines is 1. The summed E-state index contributed by atoms with van der Waals surface area (Å²) in [6, 6.07) is 5.71. The van der Waals surface area contributed by atoms with Gasteiger partial charge in [0.15, 0.2) is 0 Å². The molecule has 0 saturated carbocycles. The summed E-state index contributed by atoms with van der Waals surface area (Å²) in [5, 5.41) is 6.60. The zero-order chi connectivity index (χ0) is 12.3. The van der Waals surface area contributed by atoms with Gasteiger partial charge in [0, 0.05) is 18.1 Å². The number of aromatic nitrogens is 2. The van der Waals surface area contributed by atoms with Crippen molar-refractivity contribution in [1.29, 1.82) is 0 Å². The summed E-state index contributed by atoms with van der Waals surface area (Å²) in [5.41, 5.74) is 7.75. The Morgan fingerprint density at radius 3 is 2.65 bits per heavy atom. The van der Waals surface area contributed by atoms with Crippen LogP contribution >= 0.6 is 0 Å². The van der Waals surface area contributed by atoms with E-state index in [0.29, 0.717) is 12.2 Å². The van der Waals surface area contributed by atoms with Gasteiger partial charge in [-0.05, 0) is 11.6 Å². The number of anilines is 1. The summed E-state index contributed by atoms with van der Waals surface area (Å²) in [4.78, 5) is 0. The molecule has 5 nitrogen and oxygen atoms in total. The van der Waals surface area contributed by atoms with Crippen molar-refractivity contribution in [3.8, 4) is 11.5 Å². The van der Waals surface area contributed by atoms with E-state index in [9.17, 15) is 0 Å². The van der Waals surface area contributed by atoms with Crippen LogP contribution in [0.15, 0.2) is 24.4 Å². The van der Waals surface area contributed by atoms with Gasteiger partial charge < -0.3 is 15.2 Å². The second kappa shape index (κ2) is 4.78. The molecule has 0 saturated heterocycles. The molecule has 1 aromatic heterocycles. The summed E-state index contributed by atoms with van der Waals surface area (Å²) in [5.74, 6) is 2.14. The minimum Gasteiger partial charge on any atom is -0.497 e. The molecule has 0 spiro atoms. The van der Waals surface area contributed by atoms with Gasteiger partial charge in [-0.2, -0.15) is 5.10 Å². The van der Waals surface area contributed by atoms with Gasteiger partial charge in [0.1, 0.15) is 17.3 Å². The number of rotatable bonds is 4. The highest BCUT2D eigenvalue weighted by molar-refractivity contribution is 5.47. The number of methoxy groups -OCH3 is 2. The van der Waals surface area contributed by atoms with Crippen molar-refractivity contribution in [3.05, 3.63) is 35.5 Å². The Kier molecular flexibility index (Phi) is 3.18. The zero-order valence-corrected chi connectivity index (χ0v) is 9.86. The van der Waals surface area contributed by atoms with E-state index in [4.69, 9.17) is 15.2 Å². The molecular formula is C12H15N3O2. The van der Waals surface area contributed by atoms with Crippen LogP contribution in [-0.4, -0.2) is 24.4 Å². The highest BCUT2D eigenvalue weighted by Crippen LogP contribution is 2.27. The van der Waals surface area contributed by atoms with E-state index in [-0.39, 0.29) is 0 Å². The average Bonchev–Trinajstić information content (AvgIpc) is 2.75. The maximum Gasteiger partial charge on any atom is 0.126 e. The number of hydrogen-bond acceptors (Lipinski definition) is 4. The molecule has 0 atom stereocenters. The Balaban J connectivity index is 2.29. The van der Waals surface area contributed by atoms with E-state index in [1.54, 1.807) is 20.4 Å². The molecule has 2 rings (SSSR count). The van der Waals surface area contributed by atoms with Crippen LogP contribution in [0.4, 0.5) is 5.82 Å². The molecule has 3 N–H and O–H groups in total. The molecule has 0 fully saturated rings. The SMILES string of the molecule is COc1ccc(Cc2cn[nH]c2N)c(OC)c1. The van der Waals surface area contributed by atoms with E-state index >= 15 is 0 Å². The fourth-order valence-electron chi connectivity index (χ4n) is 1.67. The molecule has 1 heterocycles. The summed E-state index contributed by atoms with van der Waals surface area (Å²) in [6.07, 6.45) is 2.40. The van der Waals surface area contributed by atoms with Crippen molar-refractivity contribution in [3.63, 3.8) is 0 Å². The maximum atomic E-state index is 5.75. The van der Waals surface area contributed by atoms with Crippen LogP contribution < -0.4 is 15.2 Å². The highest BCUT2D eigenvalue weighted by Gasteiger charge is 2.08. The third-order valence-electron chi connectivity index (χ3n) is 2.63. The van der Waals surface area contributed by atoms with Crippen molar-refractivity contribution >= 4 is 5.82 Å². The monoisotopic (exact) mass is 233 g/mol. The van der Waals surface area contributed by atoms with Gasteiger partial charge in [-0.15, -0.1) is 0 Å². The first kappa shape index (κ1) is 11.3. The number of ether oxygens (including phenoxy) is 2. The van der Waals surface area contributed by atoms with Crippen molar-refractivity contribution in [2.75, 3.05) is 20.0 Å². The largest absolute Gasteiger partial charge is 0.497 e. The van der Waals surface area contributed by atoms with Gasteiger partial charge in [0.05, 0.1) is 20.4 Å². The standard InChI is InChI=1S/C12H15N3O2/c1-16-10-4-3-8(11(6-10)17-2)5-9-7-14-15-12(9)13/h3-4,6-7H,5H2,1-2H3,(H3,13,14,15). The molecule has 0 radical (unpaired) electrons. The number of nitrogen functional groups attached to an aromatic ring is 1. The Morgan fingerprint density at radius 1 is 1.24 bits per heavy atom. The summed E-state index contributed by atoms with van der Waals surface area (Å²) in [6.45, 7) is 0. The number of nitrogens with one attached hydrogen (secondary N) is 1. The minimum absolute atomic E-state index is 0.586. The first-order chi connectivity index (χ1) is 8.24. The molecule has 0 aliphatic carbocycles. The normalized spacial score (nSPS) is 10.2. The van der Waals surface area contributed by atoms with Crippen LogP contribution in [0.25, 0.3) is 0 Å². The van der Waals surface area contributed by atoms with Gasteiger partial charge in [-0.25, -0.2) is 0 Å². The first-order valence-corrected chi connectivity index (χ1v) is 5.23. The molecule has 0 aliphatic rings. The average molecular weight is 233 g/mol. The smallest absolute Gasteiger partial charge is 0.126 e. The van der Waals surface area contributed by atoms with Crippen molar-refractivity contribution in [1.82, 2.24) is 10.2 Å². The van der Waals surface area contributed by atoms with E-state index in [1.165, 1.54) is 0 Å². The van der Waals surface area contributed by atoms with E-state index < -0.39 is 0 Å². The fourth-order valence-corrected chi connectivity index (χ4v) is 1.67. The maximum absolute atomic E-state index is 5.75. The van der Waals surface area contributed by atoms with E-state index in [0.717, 1.165) is 22.6 Å². The fraction of sp³-hybridized carbons (Fsp3) is 0.250. The molecular weight excluding hydrogens is 218 g/mol. The molecule has 2 aromatic rings. The number of hydrogen-bond donors (Lipinski definition) is 2. The second-order valence-corrected chi connectivity index (χ2v) is 3.66. The lowest BCUT2D eigenvalue weighted by Gasteiger charge is -2.09. The lowest BCUT2D eigenvalue weighted by atomic mass is 10.1. The Hall–Kier alpha value is -2.17. The van der Waals surface area contributed by atoms with Crippen LogP contribution in [0, 0.1) is 0 Å². The van der Waals surface area contributed by atoms with Gasteiger partial charge in [0.2, 0.25) is 0 Å². The van der Waals surface area contributed by atoms with Crippen LogP contribution in [0.3, 0.4) is 0 Å². The number of H-pyrrole nitrogens is 1. The predicted molar refractivity (Wildman–Crippen MR) is 65.4 cm³/mol. The molecule has 0 amide bonds. The van der Waals surface area contributed by atoms with Gasteiger partial charge in [-0.3, -0.25) is 5.10 Å². The third-order valence-corrected chi connectivity index (χ3v) is 2.63. The molecule has 0 bridgehead atoms. The van der Waals surface area contributed by atoms with E-state index in [2.05, 4.69) is 10.2 Å². The van der Waals surface area contributed by atoms with Crippen molar-refractivity contribution in [2.45, 2.75) is 6.42 Å². The summed E-state index contributed by atoms with van der Waals surface area (Å²) in [7, 11) is 3.26. The van der Waals surface area contributed by atoms with Crippen LogP contribution in [0.5, 0.6) is 11.5 Å². The first-order valence-electron chi connectivity index (χ1n) is 5.23. The number of benzene rings is 1. The van der Waals surface area contributed by atoms with Crippen molar-refractivity contribution in [2.24, 2.45) is 0 Å². The summed E-state index contributed by atoms with van der Waals surface area (Å²) < 4.78 is 10.5. The van der Waals surface area contributed by atoms with Crippen LogP contribution in [0.2, 0.25) is 0 Å². The predicted octanol–water partition coefficient (Wildman–Crippen LogP) is 1.60. The van der Waals surface area contributed by atoms with Gasteiger partial charge in [-0.1, -0.05) is 6.07 Å². The van der Waals surface area contributed by atoms with E-state index in [1.807, 2.05) is 18.2 Å². The van der Waals surface area contributed by atoms with Gasteiger partial charge >= 0.3 is 0 Å². The molecule has 17 heavy (non-hydrogen) atoms. The number of nitrogens with two attached hydrogens (primary N) is 1. The highest BCUT2D eigenvalue weighted by atomic mass is 16.5. The molecule has 90 valence electrons. The molecule has 0 unspecified atom stereocenters. The second-order valence-electron chi connectivity index (χ2n) is 3.66. The lowest BCUT2D eigenvalue weighted by Crippen LogP contribution is -1.97. The molecule has 5 heteroatoms. The zero-order valence-electron chi connectivity index (χ0n) is 9.86. The summed E-state index contributed by atoms with van der Waals surface area (Å²) >= 11 is 0. The minimum atomic E-state index is 0.586. The number of nitrogens with zero attached hydrogens (tertiary/aromatic N) is 1. The third kappa shape index (κ3) is 2.33. The van der Waals surface area contributed by atoms with Crippen molar-refractivity contribution < 1.29 is 9.47 Å². The Labute approximate surface area is 99.5 Å². The lowest BCUT2D eigenvalue weighted by molar-refractivity contribution is 0.391. The molecule has 0 aliphatic heterocycles. The van der Waals surface area contributed by atoms with Crippen LogP contribution in [-0.2, 0) is 6.42 Å². The Morgan fingerprint density at radius 2 is 2.06 bits per heavy atom. The van der Waals surface area contributed by atoms with Crippen LogP contribution in [0.1, 0.15) is 11.1 Å². The Bertz CT molecular complexity index is 508. The quantitative estimate of drug-likeness (QED) is 0.841. The molecule has 1 aromatic carbocycles. The topological polar surface area (TPSA) is 73.2 Å².